The van der Waals surface area contributed by atoms with E-state index in [2.05, 4.69) is 10.3 Å². The zero-order chi connectivity index (χ0) is 16.5. The molecular formula is C17H14N2O5. The largest absolute Gasteiger partial charge is 0.486 e. The number of rotatable bonds is 3. The highest BCUT2D eigenvalue weighted by atomic mass is 16.6. The van der Waals surface area contributed by atoms with Gasteiger partial charge in [-0.1, -0.05) is 6.07 Å². The van der Waals surface area contributed by atoms with Gasteiger partial charge in [0.05, 0.1) is 11.9 Å². The number of carbonyl (C=O) groups excluding carboxylic acids is 1. The van der Waals surface area contributed by atoms with Crippen molar-refractivity contribution in [2.75, 3.05) is 18.5 Å². The zero-order valence-electron chi connectivity index (χ0n) is 12.6. The fourth-order valence-electron chi connectivity index (χ4n) is 2.61. The van der Waals surface area contributed by atoms with Gasteiger partial charge in [0.25, 0.3) is 0 Å². The molecule has 0 atom stereocenters. The lowest BCUT2D eigenvalue weighted by Crippen LogP contribution is -2.17. The highest BCUT2D eigenvalue weighted by Gasteiger charge is 2.13. The molecule has 24 heavy (non-hydrogen) atoms. The minimum Gasteiger partial charge on any atom is -0.486 e. The molecule has 0 spiro atoms. The maximum absolute atomic E-state index is 12.2. The smallest absolute Gasteiger partial charge is 0.417 e. The quantitative estimate of drug-likeness (QED) is 0.768. The predicted octanol–water partition coefficient (Wildman–Crippen LogP) is 2.07. The summed E-state index contributed by atoms with van der Waals surface area (Å²) < 4.78 is 15.9. The normalized spacial score (nSPS) is 13.0. The van der Waals surface area contributed by atoms with Crippen LogP contribution in [0.25, 0.3) is 11.1 Å². The highest BCUT2D eigenvalue weighted by Crippen LogP contribution is 2.31. The number of ether oxygens (including phenoxy) is 2. The first-order valence-electron chi connectivity index (χ1n) is 7.49. The number of benzene rings is 2. The van der Waals surface area contributed by atoms with E-state index in [4.69, 9.17) is 13.9 Å². The zero-order valence-corrected chi connectivity index (χ0v) is 12.6. The van der Waals surface area contributed by atoms with Crippen LogP contribution in [0.15, 0.2) is 45.6 Å². The van der Waals surface area contributed by atoms with Gasteiger partial charge in [0, 0.05) is 11.8 Å². The second-order valence-corrected chi connectivity index (χ2v) is 5.43. The molecule has 1 aliphatic heterocycles. The van der Waals surface area contributed by atoms with Crippen molar-refractivity contribution in [1.29, 1.82) is 0 Å². The van der Waals surface area contributed by atoms with Crippen LogP contribution in [0.1, 0.15) is 5.56 Å². The molecule has 2 N–H and O–H groups in total. The molecule has 2 aromatic carbocycles. The molecule has 7 nitrogen and oxygen atoms in total. The van der Waals surface area contributed by atoms with Gasteiger partial charge in [0.1, 0.15) is 13.2 Å². The molecular weight excluding hydrogens is 312 g/mol. The predicted molar refractivity (Wildman–Crippen MR) is 86.6 cm³/mol. The van der Waals surface area contributed by atoms with Gasteiger partial charge in [-0.15, -0.1) is 0 Å². The summed E-state index contributed by atoms with van der Waals surface area (Å²) >= 11 is 0. The summed E-state index contributed by atoms with van der Waals surface area (Å²) in [6, 6.07) is 10.4. The van der Waals surface area contributed by atoms with Crippen LogP contribution in [0, 0.1) is 0 Å². The molecule has 3 aromatic rings. The van der Waals surface area contributed by atoms with E-state index in [1.165, 1.54) is 0 Å². The lowest BCUT2D eigenvalue weighted by molar-refractivity contribution is -0.115. The van der Waals surface area contributed by atoms with E-state index < -0.39 is 5.76 Å². The fourth-order valence-corrected chi connectivity index (χ4v) is 2.61. The lowest BCUT2D eigenvalue weighted by Gasteiger charge is -2.18. The summed E-state index contributed by atoms with van der Waals surface area (Å²) in [6.07, 6.45) is 0.200. The van der Waals surface area contributed by atoms with E-state index in [0.717, 1.165) is 5.56 Å². The summed E-state index contributed by atoms with van der Waals surface area (Å²) in [6.45, 7) is 1.04. The van der Waals surface area contributed by atoms with Gasteiger partial charge in [-0.2, -0.15) is 0 Å². The Balaban J connectivity index is 1.48. The molecule has 0 unspecified atom stereocenters. The Kier molecular flexibility index (Phi) is 3.45. The Hall–Kier alpha value is -3.22. The summed E-state index contributed by atoms with van der Waals surface area (Å²) in [5.41, 5.74) is 2.38. The van der Waals surface area contributed by atoms with E-state index in [-0.39, 0.29) is 12.3 Å². The maximum atomic E-state index is 12.2. The van der Waals surface area contributed by atoms with Crippen molar-refractivity contribution in [3.63, 3.8) is 0 Å². The number of nitrogens with one attached hydrogen (secondary N) is 2. The lowest BCUT2D eigenvalue weighted by atomic mass is 10.1. The molecule has 0 radical (unpaired) electrons. The number of anilines is 1. The van der Waals surface area contributed by atoms with Crippen LogP contribution in [0.3, 0.4) is 0 Å². The second-order valence-electron chi connectivity index (χ2n) is 5.43. The molecule has 0 saturated carbocycles. The number of fused-ring (bicyclic) bond motifs is 2. The van der Waals surface area contributed by atoms with Crippen LogP contribution in [0.2, 0.25) is 0 Å². The molecule has 0 fully saturated rings. The number of carbonyl (C=O) groups is 1. The Morgan fingerprint density at radius 3 is 2.79 bits per heavy atom. The summed E-state index contributed by atoms with van der Waals surface area (Å²) in [4.78, 5) is 25.9. The van der Waals surface area contributed by atoms with Crippen LogP contribution in [-0.2, 0) is 11.2 Å². The summed E-state index contributed by atoms with van der Waals surface area (Å²) in [5, 5.41) is 2.78. The molecule has 0 bridgehead atoms. The number of oxazole rings is 1. The minimum absolute atomic E-state index is 0.177. The van der Waals surface area contributed by atoms with Gasteiger partial charge >= 0.3 is 5.76 Å². The van der Waals surface area contributed by atoms with Crippen LogP contribution < -0.4 is 20.5 Å². The summed E-state index contributed by atoms with van der Waals surface area (Å²) in [7, 11) is 0. The van der Waals surface area contributed by atoms with Crippen LogP contribution >= 0.6 is 0 Å². The van der Waals surface area contributed by atoms with E-state index >= 15 is 0 Å². The SMILES string of the molecule is O=C(Cc1ccc2c(c1)OCCO2)Nc1ccc2[nH]c(=O)oc2c1. The van der Waals surface area contributed by atoms with Crippen LogP contribution in [0.5, 0.6) is 11.5 Å². The number of aromatic amines is 1. The maximum Gasteiger partial charge on any atom is 0.417 e. The third kappa shape index (κ3) is 2.83. The van der Waals surface area contributed by atoms with Crippen molar-refractivity contribution >= 4 is 22.7 Å². The number of hydrogen-bond acceptors (Lipinski definition) is 5. The average Bonchev–Trinajstić information content (AvgIpc) is 2.94. The molecule has 1 aromatic heterocycles. The molecule has 0 saturated heterocycles. The van der Waals surface area contributed by atoms with Gasteiger partial charge < -0.3 is 19.2 Å². The number of aromatic nitrogens is 1. The second kappa shape index (κ2) is 5.77. The molecule has 1 amide bonds. The van der Waals surface area contributed by atoms with Crippen LogP contribution in [0.4, 0.5) is 5.69 Å². The molecule has 1 aliphatic rings. The van der Waals surface area contributed by atoms with E-state index in [9.17, 15) is 9.59 Å². The molecule has 7 heteroatoms. The van der Waals surface area contributed by atoms with Crippen molar-refractivity contribution in [2.24, 2.45) is 0 Å². The van der Waals surface area contributed by atoms with Gasteiger partial charge in [0.2, 0.25) is 5.91 Å². The molecule has 2 heterocycles. The number of hydrogen-bond donors (Lipinski definition) is 2. The third-order valence-corrected chi connectivity index (χ3v) is 3.68. The first-order valence-corrected chi connectivity index (χ1v) is 7.49. The fraction of sp³-hybridized carbons (Fsp3) is 0.176. The van der Waals surface area contributed by atoms with E-state index in [1.54, 1.807) is 24.3 Å². The monoisotopic (exact) mass is 326 g/mol. The molecule has 0 aliphatic carbocycles. The van der Waals surface area contributed by atoms with Crippen molar-refractivity contribution in [3.05, 3.63) is 52.5 Å². The van der Waals surface area contributed by atoms with Gasteiger partial charge in [0.15, 0.2) is 17.1 Å². The molecule has 122 valence electrons. The first-order chi connectivity index (χ1) is 11.7. The Bertz CT molecular complexity index is 973. The summed E-state index contributed by atoms with van der Waals surface area (Å²) in [5.74, 6) is 0.647. The van der Waals surface area contributed by atoms with Gasteiger partial charge in [-0.05, 0) is 29.8 Å². The molecule has 4 rings (SSSR count). The topological polar surface area (TPSA) is 93.6 Å². The van der Waals surface area contributed by atoms with E-state index in [0.29, 0.717) is 41.5 Å². The van der Waals surface area contributed by atoms with Crippen LogP contribution in [-0.4, -0.2) is 24.1 Å². The van der Waals surface area contributed by atoms with Crippen molar-refractivity contribution in [3.8, 4) is 11.5 Å². The van der Waals surface area contributed by atoms with Crippen molar-refractivity contribution in [1.82, 2.24) is 4.98 Å². The Morgan fingerprint density at radius 2 is 1.92 bits per heavy atom. The third-order valence-electron chi connectivity index (χ3n) is 3.68. The Labute approximate surface area is 136 Å². The average molecular weight is 326 g/mol. The first kappa shape index (κ1) is 14.4. The number of amides is 1. The number of H-pyrrole nitrogens is 1. The van der Waals surface area contributed by atoms with Gasteiger partial charge in [-0.3, -0.25) is 9.78 Å². The minimum atomic E-state index is -0.523. The standard InChI is InChI=1S/C17H14N2O5/c20-16(8-10-1-4-13-15(7-10)23-6-5-22-13)18-11-2-3-12-14(9-11)24-17(21)19-12/h1-4,7,9H,5-6,8H2,(H,18,20)(H,19,21). The van der Waals surface area contributed by atoms with Crippen molar-refractivity contribution in [2.45, 2.75) is 6.42 Å². The van der Waals surface area contributed by atoms with Gasteiger partial charge in [-0.25, -0.2) is 4.79 Å². The van der Waals surface area contributed by atoms with Crippen molar-refractivity contribution < 1.29 is 18.7 Å². The van der Waals surface area contributed by atoms with E-state index in [1.807, 2.05) is 12.1 Å². The Morgan fingerprint density at radius 1 is 1.08 bits per heavy atom. The highest BCUT2D eigenvalue weighted by molar-refractivity contribution is 5.94.